The predicted molar refractivity (Wildman–Crippen MR) is 53.5 cm³/mol. The van der Waals surface area contributed by atoms with Crippen LogP contribution in [0, 0.1) is 5.92 Å². The quantitative estimate of drug-likeness (QED) is 0.618. The smallest absolute Gasteiger partial charge is 0.0882 e. The van der Waals surface area contributed by atoms with Crippen molar-refractivity contribution < 1.29 is 5.11 Å². The third kappa shape index (κ3) is 1.65. The Bertz CT molecular complexity index is 232. The van der Waals surface area contributed by atoms with E-state index in [0.29, 0.717) is 5.92 Å². The summed E-state index contributed by atoms with van der Waals surface area (Å²) in [7, 11) is 0. The van der Waals surface area contributed by atoms with E-state index < -0.39 is 5.60 Å². The largest absolute Gasteiger partial charge is 0.385 e. The van der Waals surface area contributed by atoms with Crippen molar-refractivity contribution in [3.05, 3.63) is 11.6 Å². The molecular formula is C11H19NO. The van der Waals surface area contributed by atoms with Gasteiger partial charge in [-0.25, -0.2) is 0 Å². The molecule has 74 valence electrons. The molecule has 2 heteroatoms. The van der Waals surface area contributed by atoms with E-state index in [1.807, 2.05) is 0 Å². The number of fused-ring (bicyclic) bond motifs is 2. The first-order valence-electron chi connectivity index (χ1n) is 5.21. The van der Waals surface area contributed by atoms with Crippen LogP contribution in [0.2, 0.25) is 0 Å². The molecule has 0 aromatic heterocycles. The average Bonchev–Trinajstić information content (AvgIpc) is 2.42. The molecule has 2 saturated heterocycles. The van der Waals surface area contributed by atoms with Gasteiger partial charge in [0.1, 0.15) is 0 Å². The summed E-state index contributed by atoms with van der Waals surface area (Å²) in [4.78, 5) is 2.46. The van der Waals surface area contributed by atoms with Crippen molar-refractivity contribution in [2.75, 3.05) is 19.6 Å². The predicted octanol–water partition coefficient (Wildman–Crippen LogP) is 1.41. The van der Waals surface area contributed by atoms with Crippen LogP contribution in [0.25, 0.3) is 0 Å². The molecule has 0 amide bonds. The molecule has 2 aliphatic rings. The second-order valence-corrected chi connectivity index (χ2v) is 4.75. The van der Waals surface area contributed by atoms with Crippen molar-refractivity contribution in [1.29, 1.82) is 0 Å². The fourth-order valence-electron chi connectivity index (χ4n) is 2.68. The molecule has 2 nitrogen and oxygen atoms in total. The van der Waals surface area contributed by atoms with Crippen LogP contribution in [-0.4, -0.2) is 35.2 Å². The molecule has 0 aromatic carbocycles. The molecule has 0 saturated carbocycles. The first kappa shape index (κ1) is 9.22. The van der Waals surface area contributed by atoms with E-state index >= 15 is 0 Å². The average molecular weight is 181 g/mol. The van der Waals surface area contributed by atoms with Gasteiger partial charge in [-0.2, -0.15) is 0 Å². The lowest BCUT2D eigenvalue weighted by molar-refractivity contribution is -0.00250. The molecule has 1 N–H and O–H groups in total. The minimum Gasteiger partial charge on any atom is -0.385 e. The lowest BCUT2D eigenvalue weighted by atomic mass is 9.81. The van der Waals surface area contributed by atoms with E-state index in [0.717, 1.165) is 19.5 Å². The highest BCUT2D eigenvalue weighted by Crippen LogP contribution is 2.36. The highest BCUT2D eigenvalue weighted by molar-refractivity contribution is 5.13. The molecule has 13 heavy (non-hydrogen) atoms. The van der Waals surface area contributed by atoms with E-state index in [1.165, 1.54) is 18.5 Å². The van der Waals surface area contributed by atoms with Crippen LogP contribution in [0.3, 0.4) is 0 Å². The lowest BCUT2D eigenvalue weighted by Gasteiger charge is -2.36. The summed E-state index contributed by atoms with van der Waals surface area (Å²) in [6, 6.07) is 0. The molecule has 0 aromatic rings. The minimum atomic E-state index is -0.494. The van der Waals surface area contributed by atoms with Crippen molar-refractivity contribution in [2.45, 2.75) is 32.3 Å². The zero-order valence-corrected chi connectivity index (χ0v) is 8.58. The number of rotatable bonds is 1. The number of nitrogens with zero attached hydrogens (tertiary/aromatic N) is 1. The van der Waals surface area contributed by atoms with E-state index in [1.54, 1.807) is 0 Å². The lowest BCUT2D eigenvalue weighted by Crippen LogP contribution is -2.45. The summed E-state index contributed by atoms with van der Waals surface area (Å²) in [6.07, 6.45) is 4.16. The van der Waals surface area contributed by atoms with Gasteiger partial charge >= 0.3 is 0 Å². The summed E-state index contributed by atoms with van der Waals surface area (Å²) in [5, 5.41) is 10.4. The first-order chi connectivity index (χ1) is 6.10. The Hall–Kier alpha value is -0.340. The Morgan fingerprint density at radius 3 is 2.92 bits per heavy atom. The maximum atomic E-state index is 10.4. The Balaban J connectivity index is 2.17. The number of hydrogen-bond acceptors (Lipinski definition) is 2. The van der Waals surface area contributed by atoms with Gasteiger partial charge in [-0.05, 0) is 33.2 Å². The van der Waals surface area contributed by atoms with Gasteiger partial charge in [0.25, 0.3) is 0 Å². The van der Waals surface area contributed by atoms with Crippen LogP contribution in [0.4, 0.5) is 0 Å². The van der Waals surface area contributed by atoms with Gasteiger partial charge in [0, 0.05) is 19.0 Å². The van der Waals surface area contributed by atoms with Crippen LogP contribution in [-0.2, 0) is 0 Å². The maximum Gasteiger partial charge on any atom is 0.0882 e. The van der Waals surface area contributed by atoms with Crippen LogP contribution in [0.15, 0.2) is 11.6 Å². The second kappa shape index (κ2) is 3.10. The molecule has 2 heterocycles. The molecular weight excluding hydrogens is 162 g/mol. The monoisotopic (exact) mass is 181 g/mol. The minimum absolute atomic E-state index is 0.483. The topological polar surface area (TPSA) is 23.5 Å². The number of aliphatic hydroxyl groups is 1. The van der Waals surface area contributed by atoms with E-state index in [-0.39, 0.29) is 0 Å². The van der Waals surface area contributed by atoms with E-state index in [2.05, 4.69) is 24.8 Å². The van der Waals surface area contributed by atoms with Gasteiger partial charge in [0.15, 0.2) is 0 Å². The summed E-state index contributed by atoms with van der Waals surface area (Å²) in [5.74, 6) is 0.483. The van der Waals surface area contributed by atoms with Crippen molar-refractivity contribution in [1.82, 2.24) is 4.90 Å². The Kier molecular flexibility index (Phi) is 2.20. The highest BCUT2D eigenvalue weighted by Gasteiger charge is 2.43. The molecule has 3 atom stereocenters. The first-order valence-corrected chi connectivity index (χ1v) is 5.21. The summed E-state index contributed by atoms with van der Waals surface area (Å²) in [5.41, 5.74) is 0.745. The Morgan fingerprint density at radius 1 is 1.46 bits per heavy atom. The third-order valence-corrected chi connectivity index (χ3v) is 3.35. The van der Waals surface area contributed by atoms with E-state index in [9.17, 15) is 5.11 Å². The highest BCUT2D eigenvalue weighted by atomic mass is 16.3. The Morgan fingerprint density at radius 2 is 2.23 bits per heavy atom. The molecule has 0 aliphatic carbocycles. The zero-order chi connectivity index (χ0) is 9.47. The van der Waals surface area contributed by atoms with Crippen molar-refractivity contribution in [2.24, 2.45) is 5.92 Å². The van der Waals surface area contributed by atoms with Crippen molar-refractivity contribution >= 4 is 0 Å². The van der Waals surface area contributed by atoms with Crippen molar-refractivity contribution in [3.8, 4) is 0 Å². The van der Waals surface area contributed by atoms with Gasteiger partial charge in [0.2, 0.25) is 0 Å². The zero-order valence-electron chi connectivity index (χ0n) is 8.58. The molecule has 0 spiro atoms. The molecule has 0 radical (unpaired) electrons. The standard InChI is InChI=1S/C11H19NO/c1-9(2)7-11(13)4-6-12-5-3-10(11)8-12/h7,10,13H,3-6,8H2,1-2H3. The van der Waals surface area contributed by atoms with Gasteiger partial charge in [-0.3, -0.25) is 0 Å². The number of piperidine rings is 1. The van der Waals surface area contributed by atoms with Crippen LogP contribution in [0.5, 0.6) is 0 Å². The molecule has 2 aliphatic heterocycles. The van der Waals surface area contributed by atoms with Gasteiger partial charge < -0.3 is 10.0 Å². The normalized spacial score (nSPS) is 43.3. The van der Waals surface area contributed by atoms with E-state index in [4.69, 9.17) is 0 Å². The SMILES string of the molecule is CC(C)=CC1(O)CCN2CCC1C2. The fourth-order valence-corrected chi connectivity index (χ4v) is 2.68. The molecule has 2 fully saturated rings. The number of hydrogen-bond donors (Lipinski definition) is 1. The van der Waals surface area contributed by atoms with Gasteiger partial charge in [0.05, 0.1) is 5.60 Å². The summed E-state index contributed by atoms with van der Waals surface area (Å²) < 4.78 is 0. The van der Waals surface area contributed by atoms with Gasteiger partial charge in [-0.1, -0.05) is 11.6 Å². The third-order valence-electron chi connectivity index (χ3n) is 3.35. The summed E-state index contributed by atoms with van der Waals surface area (Å²) in [6.45, 7) is 7.49. The molecule has 3 unspecified atom stereocenters. The Labute approximate surface area is 80.2 Å². The fraction of sp³-hybridized carbons (Fsp3) is 0.818. The second-order valence-electron chi connectivity index (χ2n) is 4.75. The molecule has 2 bridgehead atoms. The van der Waals surface area contributed by atoms with Crippen LogP contribution >= 0.6 is 0 Å². The maximum absolute atomic E-state index is 10.4. The number of allylic oxidation sites excluding steroid dienone is 1. The van der Waals surface area contributed by atoms with Crippen LogP contribution < -0.4 is 0 Å². The van der Waals surface area contributed by atoms with Gasteiger partial charge in [-0.15, -0.1) is 0 Å². The van der Waals surface area contributed by atoms with Crippen LogP contribution in [0.1, 0.15) is 26.7 Å². The molecule has 2 rings (SSSR count). The van der Waals surface area contributed by atoms with Crippen molar-refractivity contribution in [3.63, 3.8) is 0 Å². The summed E-state index contributed by atoms with van der Waals surface area (Å²) >= 11 is 0.